The highest BCUT2D eigenvalue weighted by atomic mass is 16.5. The van der Waals surface area contributed by atoms with E-state index in [0.29, 0.717) is 17.0 Å². The van der Waals surface area contributed by atoms with Crippen molar-refractivity contribution in [2.45, 2.75) is 0 Å². The van der Waals surface area contributed by atoms with Crippen LogP contribution >= 0.6 is 0 Å². The minimum Gasteiger partial charge on any atom is -0.457 e. The third-order valence-electron chi connectivity index (χ3n) is 3.50. The third-order valence-corrected chi connectivity index (χ3v) is 3.50. The van der Waals surface area contributed by atoms with Gasteiger partial charge in [0.1, 0.15) is 11.5 Å². The largest absolute Gasteiger partial charge is 0.457 e. The van der Waals surface area contributed by atoms with E-state index in [1.165, 1.54) is 30.3 Å². The Morgan fingerprint density at radius 1 is 0.680 bits per heavy atom. The molecule has 25 heavy (non-hydrogen) atoms. The molecular formula is C16H8N2O7. The van der Waals surface area contributed by atoms with Gasteiger partial charge >= 0.3 is 22.8 Å². The molecule has 0 fully saturated rings. The Morgan fingerprint density at radius 3 is 2.04 bits per heavy atom. The van der Waals surface area contributed by atoms with Gasteiger partial charge in [-0.3, -0.25) is 9.97 Å². The summed E-state index contributed by atoms with van der Waals surface area (Å²) in [5.41, 5.74) is -0.973. The molecule has 2 heterocycles. The minimum atomic E-state index is -0.873. The first-order valence-electron chi connectivity index (χ1n) is 7.02. The van der Waals surface area contributed by atoms with Gasteiger partial charge in [0.15, 0.2) is 0 Å². The molecule has 0 aliphatic heterocycles. The zero-order valence-corrected chi connectivity index (χ0v) is 12.3. The molecule has 124 valence electrons. The molecule has 2 aromatic heterocycles. The van der Waals surface area contributed by atoms with Gasteiger partial charge in [0.05, 0.1) is 21.8 Å². The summed E-state index contributed by atoms with van der Waals surface area (Å²) in [7, 11) is 0. The van der Waals surface area contributed by atoms with Crippen LogP contribution < -0.4 is 27.5 Å². The fourth-order valence-corrected chi connectivity index (χ4v) is 2.42. The van der Waals surface area contributed by atoms with Gasteiger partial charge in [0.25, 0.3) is 0 Å². The van der Waals surface area contributed by atoms with Gasteiger partial charge in [0, 0.05) is 6.07 Å². The molecule has 0 bridgehead atoms. The highest BCUT2D eigenvalue weighted by Gasteiger charge is 2.08. The average molecular weight is 340 g/mol. The number of aromatic amines is 2. The fourth-order valence-electron chi connectivity index (χ4n) is 2.42. The number of hydrogen-bond donors (Lipinski definition) is 2. The van der Waals surface area contributed by atoms with E-state index in [9.17, 15) is 19.2 Å². The van der Waals surface area contributed by atoms with E-state index in [1.807, 2.05) is 0 Å². The molecule has 9 heteroatoms. The maximum absolute atomic E-state index is 11.7. The molecule has 0 spiro atoms. The van der Waals surface area contributed by atoms with Gasteiger partial charge in [0.2, 0.25) is 0 Å². The molecular weight excluding hydrogens is 332 g/mol. The van der Waals surface area contributed by atoms with Crippen LogP contribution in [0.1, 0.15) is 0 Å². The zero-order valence-electron chi connectivity index (χ0n) is 12.3. The first kappa shape index (κ1) is 14.7. The maximum atomic E-state index is 11.7. The first-order valence-corrected chi connectivity index (χ1v) is 7.02. The van der Waals surface area contributed by atoms with E-state index in [-0.39, 0.29) is 16.3 Å². The number of benzene rings is 2. The lowest BCUT2D eigenvalue weighted by atomic mass is 10.2. The van der Waals surface area contributed by atoms with Crippen LogP contribution in [0.5, 0.6) is 11.5 Å². The van der Waals surface area contributed by atoms with E-state index >= 15 is 0 Å². The van der Waals surface area contributed by atoms with E-state index in [1.54, 1.807) is 6.07 Å². The molecule has 0 saturated carbocycles. The average Bonchev–Trinajstić information content (AvgIpc) is 2.55. The summed E-state index contributed by atoms with van der Waals surface area (Å²) in [6.45, 7) is 0. The normalized spacial score (nSPS) is 11.0. The van der Waals surface area contributed by atoms with Crippen LogP contribution in [0.15, 0.2) is 64.4 Å². The second-order valence-electron chi connectivity index (χ2n) is 5.12. The quantitative estimate of drug-likeness (QED) is 0.557. The zero-order chi connectivity index (χ0) is 17.6. The molecule has 4 aromatic rings. The number of hydrogen-bond acceptors (Lipinski definition) is 7. The highest BCUT2D eigenvalue weighted by molar-refractivity contribution is 5.79. The van der Waals surface area contributed by atoms with Crippen LogP contribution in [0.25, 0.3) is 21.8 Å². The van der Waals surface area contributed by atoms with E-state index in [2.05, 4.69) is 18.8 Å². The van der Waals surface area contributed by atoms with Gasteiger partial charge in [-0.2, -0.15) is 0 Å². The molecule has 0 atom stereocenters. The molecule has 0 saturated heterocycles. The lowest BCUT2D eigenvalue weighted by Crippen LogP contribution is -2.14. The molecule has 0 aliphatic rings. The molecule has 4 rings (SSSR count). The Balaban J connectivity index is 1.79. The summed E-state index contributed by atoms with van der Waals surface area (Å²) in [6, 6.07) is 8.86. The molecule has 2 N–H and O–H groups in total. The van der Waals surface area contributed by atoms with Crippen molar-refractivity contribution in [3.05, 3.63) is 78.3 Å². The van der Waals surface area contributed by atoms with Crippen molar-refractivity contribution in [3.8, 4) is 11.5 Å². The van der Waals surface area contributed by atoms with Gasteiger partial charge in [-0.1, -0.05) is 0 Å². The second-order valence-corrected chi connectivity index (χ2v) is 5.12. The molecule has 2 aromatic carbocycles. The minimum absolute atomic E-state index is 0.145. The van der Waals surface area contributed by atoms with Crippen molar-refractivity contribution >= 4 is 21.8 Å². The monoisotopic (exact) mass is 340 g/mol. The summed E-state index contributed by atoms with van der Waals surface area (Å²) in [5.74, 6) is -1.09. The van der Waals surface area contributed by atoms with Crippen molar-refractivity contribution in [3.63, 3.8) is 0 Å². The van der Waals surface area contributed by atoms with Crippen molar-refractivity contribution in [1.29, 1.82) is 0 Å². The molecule has 9 nitrogen and oxygen atoms in total. The van der Waals surface area contributed by atoms with E-state index in [0.717, 1.165) is 0 Å². The summed E-state index contributed by atoms with van der Waals surface area (Å²) < 4.78 is 14.5. The van der Waals surface area contributed by atoms with Crippen LogP contribution in [-0.4, -0.2) is 9.97 Å². The number of fused-ring (bicyclic) bond motifs is 2. The maximum Gasteiger partial charge on any atom is 0.419 e. The molecule has 0 amide bonds. The van der Waals surface area contributed by atoms with Gasteiger partial charge < -0.3 is 13.6 Å². The third kappa shape index (κ3) is 2.63. The summed E-state index contributed by atoms with van der Waals surface area (Å²) >= 11 is 0. The number of H-pyrrole nitrogens is 2. The van der Waals surface area contributed by atoms with Crippen LogP contribution in [0, 0.1) is 0 Å². The molecule has 0 aliphatic carbocycles. The second kappa shape index (κ2) is 5.34. The standard InChI is InChI=1S/C16H8N2O7/c19-13-9-3-1-8(6-12(9)18-16(22)24-13)23-7-2-4-11-10(5-7)14(20)25-15(21)17-11/h1-6H,(H,17,21)(H,18,22). The van der Waals surface area contributed by atoms with Crippen molar-refractivity contribution in [2.75, 3.05) is 0 Å². The number of ether oxygens (including phenoxy) is 1. The van der Waals surface area contributed by atoms with E-state index < -0.39 is 22.8 Å². The molecule has 0 unspecified atom stereocenters. The Morgan fingerprint density at radius 2 is 1.28 bits per heavy atom. The van der Waals surface area contributed by atoms with E-state index in [4.69, 9.17) is 4.74 Å². The first-order chi connectivity index (χ1) is 12.0. The Hall–Kier alpha value is -3.88. The van der Waals surface area contributed by atoms with Crippen molar-refractivity contribution in [1.82, 2.24) is 9.97 Å². The fraction of sp³-hybridized carbons (Fsp3) is 0. The lowest BCUT2D eigenvalue weighted by molar-refractivity contribution is 0.456. The van der Waals surface area contributed by atoms with Crippen LogP contribution in [0.2, 0.25) is 0 Å². The topological polar surface area (TPSA) is 135 Å². The lowest BCUT2D eigenvalue weighted by Gasteiger charge is -2.07. The Kier molecular flexibility index (Phi) is 3.14. The van der Waals surface area contributed by atoms with Gasteiger partial charge in [-0.15, -0.1) is 0 Å². The van der Waals surface area contributed by atoms with Gasteiger partial charge in [-0.05, 0) is 30.3 Å². The predicted octanol–water partition coefficient (Wildman–Crippen LogP) is 1.07. The predicted molar refractivity (Wildman–Crippen MR) is 86.3 cm³/mol. The number of nitrogens with one attached hydrogen (secondary N) is 2. The number of rotatable bonds is 2. The Bertz CT molecular complexity index is 1360. The van der Waals surface area contributed by atoms with Crippen LogP contribution in [-0.2, 0) is 0 Å². The highest BCUT2D eigenvalue weighted by Crippen LogP contribution is 2.25. The van der Waals surface area contributed by atoms with Crippen molar-refractivity contribution < 1.29 is 13.6 Å². The summed E-state index contributed by atoms with van der Waals surface area (Å²) in [6.07, 6.45) is 0. The number of aromatic nitrogens is 2. The molecule has 0 radical (unpaired) electrons. The SMILES string of the molecule is O=c1[nH]c2cc(Oc3ccc4[nH]c(=O)oc(=O)c4c3)ccc2c(=O)o1. The van der Waals surface area contributed by atoms with Gasteiger partial charge in [-0.25, -0.2) is 19.2 Å². The van der Waals surface area contributed by atoms with Crippen molar-refractivity contribution in [2.24, 2.45) is 0 Å². The van der Waals surface area contributed by atoms with Crippen LogP contribution in [0.3, 0.4) is 0 Å². The van der Waals surface area contributed by atoms with Crippen LogP contribution in [0.4, 0.5) is 0 Å². The summed E-state index contributed by atoms with van der Waals surface area (Å²) in [4.78, 5) is 50.5. The summed E-state index contributed by atoms with van der Waals surface area (Å²) in [5, 5.41) is 0.343. The Labute approximate surface area is 136 Å². The smallest absolute Gasteiger partial charge is 0.419 e.